The largest absolute Gasteiger partial charge is 0.205 e. The first kappa shape index (κ1) is 14.4. The van der Waals surface area contributed by atoms with Gasteiger partial charge in [0, 0.05) is 0 Å². The van der Waals surface area contributed by atoms with Crippen molar-refractivity contribution in [2.75, 3.05) is 0 Å². The molecule has 100 valence electrons. The topological polar surface area (TPSA) is 0 Å². The van der Waals surface area contributed by atoms with Gasteiger partial charge >= 0.3 is 0 Å². The van der Waals surface area contributed by atoms with Crippen LogP contribution in [0.4, 0.5) is 4.39 Å². The van der Waals surface area contributed by atoms with Crippen LogP contribution < -0.4 is 0 Å². The lowest BCUT2D eigenvalue weighted by molar-refractivity contribution is 0.623. The van der Waals surface area contributed by atoms with E-state index in [1.54, 1.807) is 6.07 Å². The first-order valence-corrected chi connectivity index (χ1v) is 7.11. The van der Waals surface area contributed by atoms with Crippen LogP contribution in [0.3, 0.4) is 0 Å². The number of halogens is 3. The van der Waals surface area contributed by atoms with Crippen LogP contribution in [0.5, 0.6) is 0 Å². The van der Waals surface area contributed by atoms with E-state index in [4.69, 9.17) is 23.2 Å². The molecule has 19 heavy (non-hydrogen) atoms. The van der Waals surface area contributed by atoms with Crippen molar-refractivity contribution >= 4 is 23.2 Å². The number of hydrogen-bond donors (Lipinski definition) is 0. The van der Waals surface area contributed by atoms with E-state index in [0.717, 1.165) is 30.4 Å². The molecule has 0 N–H and O–H groups in total. The molecule has 2 aromatic carbocycles. The Kier molecular flexibility index (Phi) is 5.24. The molecule has 0 aliphatic carbocycles. The minimum atomic E-state index is -0.357. The Labute approximate surface area is 123 Å². The van der Waals surface area contributed by atoms with E-state index < -0.39 is 0 Å². The first-order valence-electron chi connectivity index (χ1n) is 6.30. The number of hydrogen-bond acceptors (Lipinski definition) is 0. The Hall–Kier alpha value is -1.05. The van der Waals surface area contributed by atoms with Crippen LogP contribution in [0.15, 0.2) is 48.5 Å². The quantitative estimate of drug-likeness (QED) is 0.613. The zero-order valence-corrected chi connectivity index (χ0v) is 12.0. The third-order valence-corrected chi connectivity index (χ3v) is 3.85. The Morgan fingerprint density at radius 2 is 1.79 bits per heavy atom. The van der Waals surface area contributed by atoms with Gasteiger partial charge < -0.3 is 0 Å². The van der Waals surface area contributed by atoms with Crippen LogP contribution in [0.25, 0.3) is 0 Å². The molecule has 0 bridgehead atoms. The average molecular weight is 297 g/mol. The Bertz CT molecular complexity index is 526. The third-order valence-electron chi connectivity index (χ3n) is 3.07. The molecule has 0 aliphatic rings. The maximum Gasteiger partial charge on any atom is 0.142 e. The number of aryl methyl sites for hydroxylation is 1. The van der Waals surface area contributed by atoms with Crippen molar-refractivity contribution in [1.29, 1.82) is 0 Å². The van der Waals surface area contributed by atoms with E-state index >= 15 is 0 Å². The lowest BCUT2D eigenvalue weighted by Gasteiger charge is -2.09. The molecule has 0 fully saturated rings. The molecule has 0 saturated carbocycles. The maximum absolute atomic E-state index is 13.3. The lowest BCUT2D eigenvalue weighted by Crippen LogP contribution is -1.93. The number of alkyl halides is 1. The summed E-state index contributed by atoms with van der Waals surface area (Å²) in [5.74, 6) is -0.357. The van der Waals surface area contributed by atoms with Gasteiger partial charge in [0.1, 0.15) is 5.82 Å². The predicted molar refractivity (Wildman–Crippen MR) is 79.4 cm³/mol. The van der Waals surface area contributed by atoms with Crippen molar-refractivity contribution < 1.29 is 4.39 Å². The van der Waals surface area contributed by atoms with E-state index in [9.17, 15) is 4.39 Å². The van der Waals surface area contributed by atoms with Crippen LogP contribution in [0, 0.1) is 5.82 Å². The van der Waals surface area contributed by atoms with Gasteiger partial charge in [-0.05, 0) is 42.5 Å². The Morgan fingerprint density at radius 3 is 2.47 bits per heavy atom. The smallest absolute Gasteiger partial charge is 0.142 e. The fourth-order valence-corrected chi connectivity index (χ4v) is 2.43. The molecule has 1 atom stereocenters. The van der Waals surface area contributed by atoms with Gasteiger partial charge in [-0.2, -0.15) is 0 Å². The molecule has 0 saturated heterocycles. The highest BCUT2D eigenvalue weighted by Gasteiger charge is 2.07. The Balaban J connectivity index is 1.85. The van der Waals surface area contributed by atoms with Crippen molar-refractivity contribution in [3.8, 4) is 0 Å². The number of benzene rings is 2. The molecule has 2 rings (SSSR count). The van der Waals surface area contributed by atoms with E-state index in [2.05, 4.69) is 0 Å². The summed E-state index contributed by atoms with van der Waals surface area (Å²) in [6.07, 6.45) is 2.60. The first-order chi connectivity index (χ1) is 9.16. The summed E-state index contributed by atoms with van der Waals surface area (Å²) in [7, 11) is 0. The molecule has 1 unspecified atom stereocenters. The molecule has 0 heterocycles. The third kappa shape index (κ3) is 4.22. The van der Waals surface area contributed by atoms with Crippen LogP contribution in [0.2, 0.25) is 5.02 Å². The van der Waals surface area contributed by atoms with Gasteiger partial charge in [-0.3, -0.25) is 0 Å². The van der Waals surface area contributed by atoms with E-state index in [0.29, 0.717) is 0 Å². The van der Waals surface area contributed by atoms with E-state index in [-0.39, 0.29) is 16.2 Å². The summed E-state index contributed by atoms with van der Waals surface area (Å²) in [6, 6.07) is 15.0. The highest BCUT2D eigenvalue weighted by Crippen LogP contribution is 2.26. The van der Waals surface area contributed by atoms with Crippen molar-refractivity contribution in [1.82, 2.24) is 0 Å². The van der Waals surface area contributed by atoms with Crippen molar-refractivity contribution in [3.05, 3.63) is 70.5 Å². The van der Waals surface area contributed by atoms with Gasteiger partial charge in [0.25, 0.3) is 0 Å². The zero-order valence-electron chi connectivity index (χ0n) is 10.5. The fraction of sp³-hybridized carbons (Fsp3) is 0.250. The van der Waals surface area contributed by atoms with Gasteiger partial charge in [-0.25, -0.2) is 4.39 Å². The highest BCUT2D eigenvalue weighted by molar-refractivity contribution is 6.30. The highest BCUT2D eigenvalue weighted by atomic mass is 35.5. The zero-order chi connectivity index (χ0) is 13.7. The van der Waals surface area contributed by atoms with Crippen molar-refractivity contribution in [2.45, 2.75) is 24.6 Å². The number of rotatable bonds is 5. The lowest BCUT2D eigenvalue weighted by atomic mass is 10.0. The summed E-state index contributed by atoms with van der Waals surface area (Å²) < 4.78 is 13.3. The Morgan fingerprint density at radius 1 is 1.05 bits per heavy atom. The summed E-state index contributed by atoms with van der Waals surface area (Å²) in [4.78, 5) is 0. The second-order valence-corrected chi connectivity index (χ2v) is 5.45. The van der Waals surface area contributed by atoms with Gasteiger partial charge in [-0.15, -0.1) is 11.6 Å². The van der Waals surface area contributed by atoms with Crippen LogP contribution in [-0.2, 0) is 6.42 Å². The molecular weight excluding hydrogens is 282 g/mol. The molecule has 0 amide bonds. The van der Waals surface area contributed by atoms with Crippen LogP contribution >= 0.6 is 23.2 Å². The normalized spacial score (nSPS) is 12.4. The molecule has 2 aromatic rings. The standard InChI is InChI=1S/C16H15Cl2F/c17-14(13-6-2-1-3-7-13)8-4-5-12-9-10-15(18)16(19)11-12/h1-3,6-7,9-11,14H,4-5,8H2. The molecule has 3 heteroatoms. The second kappa shape index (κ2) is 6.93. The summed E-state index contributed by atoms with van der Waals surface area (Å²) >= 11 is 12.0. The fourth-order valence-electron chi connectivity index (χ4n) is 2.01. The van der Waals surface area contributed by atoms with Crippen LogP contribution in [-0.4, -0.2) is 0 Å². The van der Waals surface area contributed by atoms with E-state index in [1.807, 2.05) is 36.4 Å². The monoisotopic (exact) mass is 296 g/mol. The van der Waals surface area contributed by atoms with E-state index in [1.165, 1.54) is 6.07 Å². The molecule has 0 radical (unpaired) electrons. The summed E-state index contributed by atoms with van der Waals surface area (Å²) in [6.45, 7) is 0. The van der Waals surface area contributed by atoms with Gasteiger partial charge in [-0.1, -0.05) is 48.0 Å². The summed E-state index contributed by atoms with van der Waals surface area (Å²) in [5, 5.41) is 0.182. The molecule has 0 aliphatic heterocycles. The van der Waals surface area contributed by atoms with Gasteiger partial charge in [0.2, 0.25) is 0 Å². The second-order valence-electron chi connectivity index (χ2n) is 4.52. The average Bonchev–Trinajstić information content (AvgIpc) is 2.43. The van der Waals surface area contributed by atoms with Crippen LogP contribution in [0.1, 0.15) is 29.3 Å². The molecule has 0 nitrogen and oxygen atoms in total. The minimum Gasteiger partial charge on any atom is -0.205 e. The molecule has 0 aromatic heterocycles. The SMILES string of the molecule is Fc1cc(CCCC(Cl)c2ccccc2)ccc1Cl. The van der Waals surface area contributed by atoms with Gasteiger partial charge in [0.05, 0.1) is 10.4 Å². The maximum atomic E-state index is 13.3. The van der Waals surface area contributed by atoms with Crippen molar-refractivity contribution in [3.63, 3.8) is 0 Å². The predicted octanol–water partition coefficient (Wildman–Crippen LogP) is 5.78. The molecule has 0 spiro atoms. The van der Waals surface area contributed by atoms with Gasteiger partial charge in [0.15, 0.2) is 0 Å². The summed E-state index contributed by atoms with van der Waals surface area (Å²) in [5.41, 5.74) is 2.09. The molecular formula is C16H15Cl2F. The van der Waals surface area contributed by atoms with Crippen molar-refractivity contribution in [2.24, 2.45) is 0 Å². The minimum absolute atomic E-state index is 0.0124.